The van der Waals surface area contributed by atoms with Gasteiger partial charge in [-0.15, -0.1) is 0 Å². The summed E-state index contributed by atoms with van der Waals surface area (Å²) >= 11 is 0. The quantitative estimate of drug-likeness (QED) is 0.226. The molecule has 0 aliphatic carbocycles. The van der Waals surface area contributed by atoms with Crippen LogP contribution in [-0.4, -0.2) is 44.2 Å². The highest BCUT2D eigenvalue weighted by atomic mass is 31.1. The fraction of sp³-hybridized carbons (Fsp3) is 0.519. The van der Waals surface area contributed by atoms with Crippen molar-refractivity contribution in [3.63, 3.8) is 0 Å². The molecule has 0 amide bonds. The maximum absolute atomic E-state index is 13.5. The van der Waals surface area contributed by atoms with Gasteiger partial charge >= 0.3 is 0 Å². The van der Waals surface area contributed by atoms with Crippen LogP contribution in [0.15, 0.2) is 30.3 Å². The van der Waals surface area contributed by atoms with E-state index in [1.807, 2.05) is 73.6 Å². The Kier molecular flexibility index (Phi) is 12.0. The number of ether oxygens (including phenoxy) is 6. The van der Waals surface area contributed by atoms with E-state index in [4.69, 9.17) is 28.4 Å². The van der Waals surface area contributed by atoms with Crippen molar-refractivity contribution in [2.24, 2.45) is 0 Å². The molecular formula is C27H39O7P. The zero-order chi connectivity index (χ0) is 26.0. The zero-order valence-corrected chi connectivity index (χ0v) is 23.1. The van der Waals surface area contributed by atoms with Gasteiger partial charge in [-0.2, -0.15) is 0 Å². The van der Waals surface area contributed by atoms with Gasteiger partial charge < -0.3 is 28.4 Å². The molecule has 2 aromatic rings. The average molecular weight is 507 g/mol. The summed E-state index contributed by atoms with van der Waals surface area (Å²) in [6.07, 6.45) is -1.54. The number of aryl methyl sites for hydroxylation is 2. The first-order valence-electron chi connectivity index (χ1n) is 12.1. The summed E-state index contributed by atoms with van der Waals surface area (Å²) in [5.74, 6) is 1.42. The van der Waals surface area contributed by atoms with E-state index < -0.39 is 18.9 Å². The standard InChI is InChI=1S/C27H39O7P/c1-9-29-19(6)32-22-15-23(33-20(7)30-10-2)26(24(16-22)34-21(8)31-11-3)35-27(28)25-17(4)13-12-14-18(25)5/h12-16,19-21,35H,9-11H2,1-8H3. The van der Waals surface area contributed by atoms with Crippen LogP contribution in [0.2, 0.25) is 0 Å². The van der Waals surface area contributed by atoms with Crippen LogP contribution in [0.25, 0.3) is 0 Å². The fourth-order valence-electron chi connectivity index (χ4n) is 3.65. The second kappa shape index (κ2) is 14.4. The van der Waals surface area contributed by atoms with Gasteiger partial charge in [-0.3, -0.25) is 4.79 Å². The van der Waals surface area contributed by atoms with Crippen molar-refractivity contribution in [2.75, 3.05) is 19.8 Å². The minimum Gasteiger partial charge on any atom is -0.465 e. The Labute approximate surface area is 211 Å². The molecule has 0 saturated heterocycles. The lowest BCUT2D eigenvalue weighted by Crippen LogP contribution is -2.24. The molecule has 0 radical (unpaired) electrons. The van der Waals surface area contributed by atoms with Crippen molar-refractivity contribution in [3.8, 4) is 17.2 Å². The molecule has 0 spiro atoms. The van der Waals surface area contributed by atoms with Crippen molar-refractivity contribution in [1.29, 1.82) is 0 Å². The molecule has 2 aromatic carbocycles. The molecule has 2 rings (SSSR count). The molecule has 35 heavy (non-hydrogen) atoms. The van der Waals surface area contributed by atoms with E-state index in [1.165, 1.54) is 0 Å². The molecule has 0 aliphatic heterocycles. The second-order valence-electron chi connectivity index (χ2n) is 7.94. The van der Waals surface area contributed by atoms with Gasteiger partial charge in [-0.05, 0) is 75.1 Å². The molecule has 4 atom stereocenters. The Morgan fingerprint density at radius 1 is 0.771 bits per heavy atom. The SMILES string of the molecule is CCOC(C)Oc1cc(OC(C)OCC)c(PC(=O)c2c(C)cccc2C)c(OC(C)OCC)c1. The van der Waals surface area contributed by atoms with E-state index in [0.717, 1.165) is 11.1 Å². The number of carbonyl (C=O) groups excluding carboxylic acids is 1. The third-order valence-corrected chi connectivity index (χ3v) is 6.30. The predicted molar refractivity (Wildman–Crippen MR) is 140 cm³/mol. The molecule has 0 fully saturated rings. The molecule has 0 bridgehead atoms. The Morgan fingerprint density at radius 3 is 1.63 bits per heavy atom. The van der Waals surface area contributed by atoms with E-state index in [1.54, 1.807) is 12.1 Å². The van der Waals surface area contributed by atoms with Gasteiger partial charge in [0.2, 0.25) is 0 Å². The van der Waals surface area contributed by atoms with Gasteiger partial charge in [0.1, 0.15) is 17.2 Å². The van der Waals surface area contributed by atoms with Crippen molar-refractivity contribution in [1.82, 2.24) is 0 Å². The first-order valence-corrected chi connectivity index (χ1v) is 13.1. The number of rotatable bonds is 15. The maximum atomic E-state index is 13.5. The van der Waals surface area contributed by atoms with E-state index in [0.29, 0.717) is 47.9 Å². The van der Waals surface area contributed by atoms with Gasteiger partial charge in [0, 0.05) is 37.5 Å². The second-order valence-corrected chi connectivity index (χ2v) is 9.14. The summed E-state index contributed by atoms with van der Waals surface area (Å²) in [4.78, 5) is 13.5. The Hall–Kier alpha value is -2.18. The van der Waals surface area contributed by atoms with Gasteiger partial charge in [0.15, 0.2) is 24.4 Å². The lowest BCUT2D eigenvalue weighted by atomic mass is 10.0. The highest BCUT2D eigenvalue weighted by molar-refractivity contribution is 7.66. The molecule has 0 heterocycles. The number of benzene rings is 2. The van der Waals surface area contributed by atoms with Crippen LogP contribution in [0.4, 0.5) is 0 Å². The van der Waals surface area contributed by atoms with Gasteiger partial charge in [-0.1, -0.05) is 18.2 Å². The summed E-state index contributed by atoms with van der Waals surface area (Å²) in [6, 6.07) is 9.35. The zero-order valence-electron chi connectivity index (χ0n) is 22.1. The topological polar surface area (TPSA) is 72.5 Å². The van der Waals surface area contributed by atoms with Crippen LogP contribution in [0, 0.1) is 13.8 Å². The lowest BCUT2D eigenvalue weighted by molar-refractivity contribution is -0.0678. The first kappa shape index (κ1) is 29.1. The Bertz CT molecular complexity index is 907. The summed E-state index contributed by atoms with van der Waals surface area (Å²) in [5.41, 5.74) is 2.58. The maximum Gasteiger partial charge on any atom is 0.197 e. The third-order valence-electron chi connectivity index (χ3n) is 5.08. The van der Waals surface area contributed by atoms with Crippen molar-refractivity contribution in [2.45, 2.75) is 74.3 Å². The van der Waals surface area contributed by atoms with E-state index in [-0.39, 0.29) is 14.1 Å². The van der Waals surface area contributed by atoms with Crippen LogP contribution < -0.4 is 19.5 Å². The predicted octanol–water partition coefficient (Wildman–Crippen LogP) is 5.73. The minimum absolute atomic E-state index is 0.000205. The highest BCUT2D eigenvalue weighted by Crippen LogP contribution is 2.36. The normalized spacial score (nSPS) is 14.1. The van der Waals surface area contributed by atoms with Gasteiger partial charge in [0.05, 0.1) is 5.30 Å². The molecule has 8 heteroatoms. The molecule has 4 unspecified atom stereocenters. The van der Waals surface area contributed by atoms with E-state index in [2.05, 4.69) is 0 Å². The monoisotopic (exact) mass is 506 g/mol. The van der Waals surface area contributed by atoms with Crippen molar-refractivity contribution < 1.29 is 33.2 Å². The summed E-state index contributed by atoms with van der Waals surface area (Å²) in [5, 5.41) is 0.632. The number of hydrogen-bond acceptors (Lipinski definition) is 7. The molecule has 194 valence electrons. The number of hydrogen-bond donors (Lipinski definition) is 0. The Balaban J connectivity index is 2.57. The average Bonchev–Trinajstić information content (AvgIpc) is 2.76. The molecule has 0 aliphatic rings. The summed E-state index contributed by atoms with van der Waals surface area (Å²) < 4.78 is 35.0. The van der Waals surface area contributed by atoms with Crippen molar-refractivity contribution in [3.05, 3.63) is 47.0 Å². The summed E-state index contributed by atoms with van der Waals surface area (Å²) in [7, 11) is -0.245. The van der Waals surface area contributed by atoms with E-state index in [9.17, 15) is 4.79 Å². The Morgan fingerprint density at radius 2 is 1.20 bits per heavy atom. The smallest absolute Gasteiger partial charge is 0.197 e. The third kappa shape index (κ3) is 8.76. The summed E-state index contributed by atoms with van der Waals surface area (Å²) in [6.45, 7) is 16.5. The van der Waals surface area contributed by atoms with Gasteiger partial charge in [0.25, 0.3) is 0 Å². The molecule has 7 nitrogen and oxygen atoms in total. The van der Waals surface area contributed by atoms with Crippen LogP contribution in [0.1, 0.15) is 63.0 Å². The van der Waals surface area contributed by atoms with Crippen molar-refractivity contribution >= 4 is 19.4 Å². The lowest BCUT2D eigenvalue weighted by Gasteiger charge is -2.24. The minimum atomic E-state index is -0.532. The first-order chi connectivity index (χ1) is 16.7. The largest absolute Gasteiger partial charge is 0.465 e. The molecule has 0 aromatic heterocycles. The van der Waals surface area contributed by atoms with Gasteiger partial charge in [-0.25, -0.2) is 0 Å². The molecule has 0 saturated carbocycles. The van der Waals surface area contributed by atoms with E-state index >= 15 is 0 Å². The number of carbonyl (C=O) groups is 1. The molecular weight excluding hydrogens is 467 g/mol. The van der Waals surface area contributed by atoms with Crippen LogP contribution >= 0.6 is 8.58 Å². The fourth-order valence-corrected chi connectivity index (χ4v) is 4.90. The van der Waals surface area contributed by atoms with Crippen LogP contribution in [0.3, 0.4) is 0 Å². The van der Waals surface area contributed by atoms with Crippen LogP contribution in [-0.2, 0) is 14.2 Å². The highest BCUT2D eigenvalue weighted by Gasteiger charge is 2.23. The molecule has 0 N–H and O–H groups in total. The van der Waals surface area contributed by atoms with Crippen LogP contribution in [0.5, 0.6) is 17.2 Å².